The SMILES string of the molecule is CC(C)(C)N1CC(=O)Cc2ccccc21.CC(C)(C)c1c[nH]c2cc(Cl)c(Cl)cc12.CC(C)(C)c1c[nH]c2ccccc12.CC(C)(C)c1ncc(Cl)s1.CC(C)(C)n1c(=O)[nH]c2ccccc21.CC(C)(C)n1ccc2cc(Cl)c(Cl)cc21.CC(C)(C)n1ccc2ccccc21.CCc1cc(C(C)(C)C)ncc1Cl. The second kappa shape index (κ2) is 35.4. The number of hydrogen-bond acceptors (Lipinski definition) is 6. The number of halogens is 6. The van der Waals surface area contributed by atoms with Gasteiger partial charge in [-0.15, -0.1) is 11.3 Å². The Morgan fingerprint density at radius 3 is 1.50 bits per heavy atom. The van der Waals surface area contributed by atoms with Gasteiger partial charge in [0.05, 0.1) is 59.4 Å². The first kappa shape index (κ1) is 88.0. The van der Waals surface area contributed by atoms with Crippen LogP contribution < -0.4 is 10.6 Å². The second-order valence-corrected chi connectivity index (χ2v) is 39.1. The number of benzene rings is 6. The molecule has 0 fully saturated rings. The maximum Gasteiger partial charge on any atom is 0.326 e. The van der Waals surface area contributed by atoms with E-state index in [0.717, 1.165) is 64.9 Å². The Balaban J connectivity index is 0.000000172. The van der Waals surface area contributed by atoms with Crippen LogP contribution in [0.25, 0.3) is 54.6 Å². The highest BCUT2D eigenvalue weighted by Gasteiger charge is 2.30. The van der Waals surface area contributed by atoms with Gasteiger partial charge in [0, 0.05) is 114 Å². The standard InChI is InChI=1S/C13H17NO.2C12H13Cl2N.2C12H15N.C11H16ClN.C11H14N2O.C7H10ClNS/c1-13(2,3)14-9-11(15)8-10-6-4-5-7-12(10)14;1-12(2,3)8-6-15-11-5-10(14)9(13)4-7(8)11;1-12(2,3)15-5-4-8-6-9(13)10(14)7-11(8)15;1-12(2,3)13-9-8-10-6-4-5-7-11(10)13;1-12(2,3)10-8-13-11-7-5-4-6-9(10)11;1-5-8-6-10(11(2,3)4)13-7-9(8)12;1-11(2,3)13-9-7-5-4-6-8(9)12-10(13)14;1-7(2,3)6-9-4-5(8)10-6/h4-7H,8-9H2,1-3H3;4-6,15H,1-3H3;4-7H,1-3H3;4-9H,1-3H3;4-8,13H,1-3H3;6-7H,5H2,1-4H3;4-7H,1-3H3,(H,12,14);4H,1-3H3. The molecule has 7 aromatic heterocycles. The van der Waals surface area contributed by atoms with Gasteiger partial charge in [-0.3, -0.25) is 14.3 Å². The van der Waals surface area contributed by atoms with E-state index in [1.54, 1.807) is 28.3 Å². The molecule has 0 saturated heterocycles. The molecule has 6 aromatic carbocycles. The van der Waals surface area contributed by atoms with Crippen molar-refractivity contribution in [3.8, 4) is 0 Å². The molecule has 13 aromatic rings. The van der Waals surface area contributed by atoms with E-state index in [-0.39, 0.29) is 49.5 Å². The molecule has 1 aliphatic heterocycles. The summed E-state index contributed by atoms with van der Waals surface area (Å²) in [6.07, 6.45) is 13.4. The number of carbonyl (C=O) groups excluding carboxylic acids is 1. The monoisotopic (exact) mass is 1590 g/mol. The summed E-state index contributed by atoms with van der Waals surface area (Å²) in [4.78, 5) is 43.4. The van der Waals surface area contributed by atoms with Crippen LogP contribution in [0.1, 0.15) is 206 Å². The van der Waals surface area contributed by atoms with E-state index in [0.29, 0.717) is 38.8 Å². The van der Waals surface area contributed by atoms with Gasteiger partial charge in [0.15, 0.2) is 5.78 Å². The molecule has 578 valence electrons. The lowest BCUT2D eigenvalue weighted by atomic mass is 9.87. The topological polar surface area (TPSA) is 125 Å². The van der Waals surface area contributed by atoms with Crippen LogP contribution in [0.2, 0.25) is 29.4 Å². The number of ketones is 1. The predicted octanol–water partition coefficient (Wildman–Crippen LogP) is 27.5. The lowest BCUT2D eigenvalue weighted by Gasteiger charge is -2.40. The number of Topliss-reactive ketones (excluding diaryl/α,β-unsaturated/α-hetero) is 1. The van der Waals surface area contributed by atoms with E-state index in [9.17, 15) is 9.59 Å². The number of H-pyrrole nitrogens is 3. The number of carbonyl (C=O) groups is 1. The number of anilines is 1. The largest absolute Gasteiger partial charge is 0.361 e. The van der Waals surface area contributed by atoms with E-state index in [1.807, 2.05) is 93.7 Å². The number of aryl methyl sites for hydroxylation is 1. The van der Waals surface area contributed by atoms with Crippen molar-refractivity contribution < 1.29 is 4.79 Å². The average molecular weight is 1600 g/mol. The molecule has 1 aliphatic rings. The quantitative estimate of drug-likeness (QED) is 0.151. The Morgan fingerprint density at radius 1 is 0.444 bits per heavy atom. The van der Waals surface area contributed by atoms with Crippen LogP contribution in [0.4, 0.5) is 5.69 Å². The van der Waals surface area contributed by atoms with Crippen LogP contribution >= 0.6 is 80.9 Å². The van der Waals surface area contributed by atoms with Crippen LogP contribution in [0, 0.1) is 0 Å². The van der Waals surface area contributed by atoms with Crippen molar-refractivity contribution in [3.05, 3.63) is 250 Å². The lowest BCUT2D eigenvalue weighted by molar-refractivity contribution is -0.117. The molecule has 0 saturated carbocycles. The maximum atomic E-state index is 11.7. The molecule has 108 heavy (non-hydrogen) atoms. The molecule has 0 aliphatic carbocycles. The third-order valence-electron chi connectivity index (χ3n) is 18.0. The summed E-state index contributed by atoms with van der Waals surface area (Å²) in [6.45, 7) is 54.4. The number of fused-ring (bicyclic) bond motifs is 6. The Morgan fingerprint density at radius 2 is 0.954 bits per heavy atom. The number of thiazole rings is 1. The first-order valence-electron chi connectivity index (χ1n) is 36.8. The molecular weight excluding hydrogens is 1480 g/mol. The summed E-state index contributed by atoms with van der Waals surface area (Å²) < 4.78 is 7.06. The van der Waals surface area contributed by atoms with Crippen molar-refractivity contribution in [3.63, 3.8) is 0 Å². The van der Waals surface area contributed by atoms with Crippen molar-refractivity contribution in [1.29, 1.82) is 0 Å². The highest BCUT2D eigenvalue weighted by atomic mass is 35.5. The van der Waals surface area contributed by atoms with E-state index in [4.69, 9.17) is 69.6 Å². The molecular formula is C90H113Cl6N9O2S. The Bertz CT molecular complexity index is 5040. The van der Waals surface area contributed by atoms with Gasteiger partial charge in [0.25, 0.3) is 0 Å². The first-order valence-corrected chi connectivity index (χ1v) is 39.9. The summed E-state index contributed by atoms with van der Waals surface area (Å²) in [5.74, 6) is 0.309. The number of imidazole rings is 1. The van der Waals surface area contributed by atoms with Gasteiger partial charge >= 0.3 is 5.69 Å². The maximum absolute atomic E-state index is 11.7. The zero-order chi connectivity index (χ0) is 80.6. The fourth-order valence-corrected chi connectivity index (χ4v) is 14.2. The van der Waals surface area contributed by atoms with Gasteiger partial charge in [0.1, 0.15) is 4.34 Å². The minimum Gasteiger partial charge on any atom is -0.361 e. The summed E-state index contributed by atoms with van der Waals surface area (Å²) in [5.41, 5.74) is 14.4. The van der Waals surface area contributed by atoms with Gasteiger partial charge in [-0.2, -0.15) is 0 Å². The molecule has 0 radical (unpaired) electrons. The Labute approximate surface area is 676 Å². The number of para-hydroxylation sites is 5. The molecule has 11 nitrogen and oxygen atoms in total. The van der Waals surface area contributed by atoms with Crippen molar-refractivity contribution in [2.45, 2.75) is 230 Å². The third-order valence-corrected chi connectivity index (χ3v) is 21.3. The number of rotatable bonds is 1. The number of nitrogens with zero attached hydrogens (tertiary/aromatic N) is 6. The normalized spacial score (nSPS) is 12.8. The Kier molecular flexibility index (Phi) is 28.8. The summed E-state index contributed by atoms with van der Waals surface area (Å²) in [5, 5.41) is 9.21. The van der Waals surface area contributed by atoms with Gasteiger partial charge in [-0.05, 0) is 201 Å². The minimum atomic E-state index is -0.184. The summed E-state index contributed by atoms with van der Waals surface area (Å²) >= 11 is 37.2. The van der Waals surface area contributed by atoms with Crippen LogP contribution in [0.15, 0.2) is 182 Å². The lowest BCUT2D eigenvalue weighted by Crippen LogP contribution is -2.47. The highest BCUT2D eigenvalue weighted by molar-refractivity contribution is 7.15. The fourth-order valence-electron chi connectivity index (χ4n) is 12.3. The van der Waals surface area contributed by atoms with Crippen LogP contribution in [-0.4, -0.2) is 56.5 Å². The molecule has 0 spiro atoms. The van der Waals surface area contributed by atoms with Crippen molar-refractivity contribution >= 4 is 147 Å². The first-order chi connectivity index (χ1) is 49.9. The molecule has 14 rings (SSSR count). The zero-order valence-electron chi connectivity index (χ0n) is 68.0. The molecule has 18 heteroatoms. The van der Waals surface area contributed by atoms with Gasteiger partial charge in [0.2, 0.25) is 0 Å². The number of nitrogens with one attached hydrogen (secondary N) is 3. The number of aromatic amines is 3. The van der Waals surface area contributed by atoms with Crippen LogP contribution in [-0.2, 0) is 55.9 Å². The van der Waals surface area contributed by atoms with E-state index in [2.05, 4.69) is 283 Å². The minimum absolute atomic E-state index is 0.00613. The van der Waals surface area contributed by atoms with Crippen molar-refractivity contribution in [2.24, 2.45) is 0 Å². The second-order valence-electron chi connectivity index (χ2n) is 35.4. The number of aromatic nitrogens is 8. The van der Waals surface area contributed by atoms with Gasteiger partial charge in [-0.25, -0.2) is 9.78 Å². The molecule has 8 heterocycles. The smallest absolute Gasteiger partial charge is 0.326 e. The van der Waals surface area contributed by atoms with E-state index >= 15 is 0 Å². The van der Waals surface area contributed by atoms with E-state index < -0.39 is 0 Å². The number of pyridine rings is 1. The Hall–Kier alpha value is -7.26. The molecule has 0 unspecified atom stereocenters. The van der Waals surface area contributed by atoms with E-state index in [1.165, 1.54) is 44.2 Å². The summed E-state index contributed by atoms with van der Waals surface area (Å²) in [6, 6.07) is 46.8. The fraction of sp³-hybridized carbons (Fsp3) is 0.400. The molecule has 0 atom stereocenters. The van der Waals surface area contributed by atoms with Gasteiger partial charge < -0.3 is 29.0 Å². The third kappa shape index (κ3) is 23.4. The van der Waals surface area contributed by atoms with Crippen LogP contribution in [0.3, 0.4) is 0 Å². The molecule has 0 amide bonds. The summed E-state index contributed by atoms with van der Waals surface area (Å²) in [7, 11) is 0. The zero-order valence-corrected chi connectivity index (χ0v) is 73.4. The number of hydrogen-bond donors (Lipinski definition) is 3. The van der Waals surface area contributed by atoms with Gasteiger partial charge in [-0.1, -0.05) is 226 Å². The van der Waals surface area contributed by atoms with Crippen molar-refractivity contribution in [2.75, 3.05) is 11.4 Å². The molecule has 3 N–H and O–H groups in total. The van der Waals surface area contributed by atoms with Crippen LogP contribution in [0.5, 0.6) is 0 Å². The highest BCUT2D eigenvalue weighted by Crippen LogP contribution is 2.37. The van der Waals surface area contributed by atoms with Crippen molar-refractivity contribution in [1.82, 2.24) is 38.6 Å². The predicted molar refractivity (Wildman–Crippen MR) is 471 cm³/mol. The molecule has 0 bridgehead atoms. The average Bonchev–Trinajstić information content (AvgIpc) is 1.66.